The number of ether oxygens (including phenoxy) is 2. The van der Waals surface area contributed by atoms with Crippen molar-refractivity contribution in [3.05, 3.63) is 0 Å². The van der Waals surface area contributed by atoms with Crippen molar-refractivity contribution >= 4 is 0 Å². The lowest BCUT2D eigenvalue weighted by atomic mass is 9.82. The summed E-state index contributed by atoms with van der Waals surface area (Å²) in [7, 11) is 0. The van der Waals surface area contributed by atoms with E-state index in [1.165, 1.54) is 0 Å². The van der Waals surface area contributed by atoms with Gasteiger partial charge in [0.1, 0.15) is 6.79 Å². The average molecular weight is 215 g/mol. The molecule has 3 nitrogen and oxygen atoms in total. The smallest absolute Gasteiger partial charge is 0.147 e. The second-order valence-electron chi connectivity index (χ2n) is 5.53. The van der Waals surface area contributed by atoms with Gasteiger partial charge in [0.05, 0.1) is 12.7 Å². The van der Waals surface area contributed by atoms with E-state index in [0.29, 0.717) is 24.2 Å². The zero-order chi connectivity index (χ0) is 11.3. The zero-order valence-corrected chi connectivity index (χ0v) is 10.5. The molecule has 90 valence electrons. The first-order valence-corrected chi connectivity index (χ1v) is 5.90. The van der Waals surface area contributed by atoms with Crippen LogP contribution in [0.3, 0.4) is 0 Å². The summed E-state index contributed by atoms with van der Waals surface area (Å²) in [6.07, 6.45) is 1.35. The van der Waals surface area contributed by atoms with Crippen LogP contribution in [0.2, 0.25) is 0 Å². The van der Waals surface area contributed by atoms with E-state index in [1.54, 1.807) is 0 Å². The molecule has 1 saturated heterocycles. The first-order valence-electron chi connectivity index (χ1n) is 5.90. The highest BCUT2D eigenvalue weighted by atomic mass is 16.7. The summed E-state index contributed by atoms with van der Waals surface area (Å²) >= 11 is 0. The molecule has 0 aromatic rings. The third-order valence-corrected chi connectivity index (χ3v) is 3.27. The standard InChI is InChI=1S/C12H25NO2/c1-10(12(2,3)4)7-13-8-11-5-6-14-9-15-11/h10-11,13H,5-9H2,1-4H3. The largest absolute Gasteiger partial charge is 0.355 e. The van der Waals surface area contributed by atoms with Crippen LogP contribution in [0.4, 0.5) is 0 Å². The number of hydrogen-bond acceptors (Lipinski definition) is 3. The van der Waals surface area contributed by atoms with Gasteiger partial charge in [0.15, 0.2) is 0 Å². The molecule has 1 fully saturated rings. The van der Waals surface area contributed by atoms with Crippen molar-refractivity contribution in [2.75, 3.05) is 26.5 Å². The Morgan fingerprint density at radius 1 is 1.40 bits per heavy atom. The fourth-order valence-corrected chi connectivity index (χ4v) is 1.43. The predicted molar refractivity (Wildman–Crippen MR) is 61.8 cm³/mol. The minimum absolute atomic E-state index is 0.339. The molecule has 2 unspecified atom stereocenters. The van der Waals surface area contributed by atoms with Gasteiger partial charge in [-0.1, -0.05) is 27.7 Å². The van der Waals surface area contributed by atoms with Crippen molar-refractivity contribution in [1.29, 1.82) is 0 Å². The van der Waals surface area contributed by atoms with E-state index in [4.69, 9.17) is 9.47 Å². The molecule has 0 amide bonds. The Labute approximate surface area is 93.5 Å². The van der Waals surface area contributed by atoms with Crippen molar-refractivity contribution in [2.45, 2.75) is 40.2 Å². The third kappa shape index (κ3) is 4.96. The van der Waals surface area contributed by atoms with Gasteiger partial charge in [-0.15, -0.1) is 0 Å². The Bertz CT molecular complexity index is 171. The molecule has 1 N–H and O–H groups in total. The van der Waals surface area contributed by atoms with Crippen LogP contribution in [0, 0.1) is 11.3 Å². The Hall–Kier alpha value is -0.120. The minimum atomic E-state index is 0.339. The molecule has 0 spiro atoms. The van der Waals surface area contributed by atoms with Gasteiger partial charge in [-0.05, 0) is 24.3 Å². The van der Waals surface area contributed by atoms with Crippen LogP contribution in [0.15, 0.2) is 0 Å². The number of rotatable bonds is 4. The predicted octanol–water partition coefficient (Wildman–Crippen LogP) is 2.02. The average Bonchev–Trinajstić information content (AvgIpc) is 2.18. The fourth-order valence-electron chi connectivity index (χ4n) is 1.43. The lowest BCUT2D eigenvalue weighted by Crippen LogP contribution is -2.37. The topological polar surface area (TPSA) is 30.5 Å². The fraction of sp³-hybridized carbons (Fsp3) is 1.00. The van der Waals surface area contributed by atoms with Crippen molar-refractivity contribution in [3.8, 4) is 0 Å². The molecule has 0 aliphatic carbocycles. The quantitative estimate of drug-likeness (QED) is 0.778. The normalized spacial score (nSPS) is 25.2. The number of hydrogen-bond donors (Lipinski definition) is 1. The summed E-state index contributed by atoms with van der Waals surface area (Å²) in [6, 6.07) is 0. The van der Waals surface area contributed by atoms with Gasteiger partial charge in [0.25, 0.3) is 0 Å². The Morgan fingerprint density at radius 3 is 2.67 bits per heavy atom. The molecular weight excluding hydrogens is 190 g/mol. The molecule has 1 aliphatic heterocycles. The van der Waals surface area contributed by atoms with Crippen LogP contribution in [-0.2, 0) is 9.47 Å². The maximum Gasteiger partial charge on any atom is 0.147 e. The third-order valence-electron chi connectivity index (χ3n) is 3.27. The van der Waals surface area contributed by atoms with E-state index < -0.39 is 0 Å². The van der Waals surface area contributed by atoms with Gasteiger partial charge in [-0.3, -0.25) is 0 Å². The van der Waals surface area contributed by atoms with Crippen LogP contribution in [0.25, 0.3) is 0 Å². The Balaban J connectivity index is 2.10. The molecule has 0 aromatic heterocycles. The van der Waals surface area contributed by atoms with Crippen LogP contribution in [0.5, 0.6) is 0 Å². The molecule has 1 rings (SSSR count). The van der Waals surface area contributed by atoms with Gasteiger partial charge in [-0.2, -0.15) is 0 Å². The zero-order valence-electron chi connectivity index (χ0n) is 10.5. The lowest BCUT2D eigenvalue weighted by Gasteiger charge is -2.29. The van der Waals surface area contributed by atoms with Crippen molar-refractivity contribution in [2.24, 2.45) is 11.3 Å². The van der Waals surface area contributed by atoms with Crippen molar-refractivity contribution in [3.63, 3.8) is 0 Å². The first kappa shape index (κ1) is 12.9. The minimum Gasteiger partial charge on any atom is -0.355 e. The van der Waals surface area contributed by atoms with E-state index in [2.05, 4.69) is 33.0 Å². The summed E-state index contributed by atoms with van der Waals surface area (Å²) in [6.45, 7) is 12.4. The summed E-state index contributed by atoms with van der Waals surface area (Å²) < 4.78 is 10.6. The van der Waals surface area contributed by atoms with E-state index >= 15 is 0 Å². The SMILES string of the molecule is CC(CNCC1CCOCO1)C(C)(C)C. The Morgan fingerprint density at radius 2 is 2.13 bits per heavy atom. The molecule has 15 heavy (non-hydrogen) atoms. The van der Waals surface area contributed by atoms with Crippen LogP contribution in [0.1, 0.15) is 34.1 Å². The van der Waals surface area contributed by atoms with E-state index in [0.717, 1.165) is 26.1 Å². The van der Waals surface area contributed by atoms with Crippen LogP contribution >= 0.6 is 0 Å². The van der Waals surface area contributed by atoms with Gasteiger partial charge in [-0.25, -0.2) is 0 Å². The molecule has 0 aromatic carbocycles. The first-order chi connectivity index (χ1) is 7.00. The summed E-state index contributed by atoms with van der Waals surface area (Å²) in [5, 5.41) is 3.48. The molecule has 0 radical (unpaired) electrons. The lowest BCUT2D eigenvalue weighted by molar-refractivity contribution is -0.137. The highest BCUT2D eigenvalue weighted by molar-refractivity contribution is 4.73. The van der Waals surface area contributed by atoms with Crippen molar-refractivity contribution in [1.82, 2.24) is 5.32 Å². The second-order valence-corrected chi connectivity index (χ2v) is 5.53. The summed E-state index contributed by atoms with van der Waals surface area (Å²) in [5.41, 5.74) is 0.379. The monoisotopic (exact) mass is 215 g/mol. The van der Waals surface area contributed by atoms with Gasteiger partial charge in [0.2, 0.25) is 0 Å². The van der Waals surface area contributed by atoms with E-state index in [-0.39, 0.29) is 0 Å². The molecule has 3 heteroatoms. The van der Waals surface area contributed by atoms with Crippen LogP contribution in [-0.4, -0.2) is 32.6 Å². The summed E-state index contributed by atoms with van der Waals surface area (Å²) in [5.74, 6) is 0.678. The van der Waals surface area contributed by atoms with Gasteiger partial charge in [0, 0.05) is 6.54 Å². The molecule has 2 atom stereocenters. The van der Waals surface area contributed by atoms with Gasteiger partial charge >= 0.3 is 0 Å². The van der Waals surface area contributed by atoms with E-state index in [1.807, 2.05) is 0 Å². The number of nitrogens with one attached hydrogen (secondary N) is 1. The summed E-state index contributed by atoms with van der Waals surface area (Å²) in [4.78, 5) is 0. The molecule has 1 heterocycles. The molecular formula is C12H25NO2. The maximum atomic E-state index is 5.46. The van der Waals surface area contributed by atoms with Crippen LogP contribution < -0.4 is 5.32 Å². The maximum absolute atomic E-state index is 5.46. The highest BCUT2D eigenvalue weighted by Crippen LogP contribution is 2.24. The Kier molecular flexibility index (Phi) is 5.03. The van der Waals surface area contributed by atoms with Gasteiger partial charge < -0.3 is 14.8 Å². The van der Waals surface area contributed by atoms with Crippen molar-refractivity contribution < 1.29 is 9.47 Å². The second kappa shape index (κ2) is 5.83. The highest BCUT2D eigenvalue weighted by Gasteiger charge is 2.20. The van der Waals surface area contributed by atoms with E-state index in [9.17, 15) is 0 Å². The molecule has 0 saturated carbocycles. The molecule has 0 bridgehead atoms. The molecule has 1 aliphatic rings.